The van der Waals surface area contributed by atoms with Crippen LogP contribution in [0, 0.1) is 34.5 Å². The van der Waals surface area contributed by atoms with Gasteiger partial charge in [0.05, 0.1) is 24.9 Å². The number of carbonyl (C=O) groups is 2. The highest BCUT2D eigenvalue weighted by Gasteiger charge is 2.59. The Kier molecular flexibility index (Phi) is 7.01. The van der Waals surface area contributed by atoms with Crippen LogP contribution in [0.4, 0.5) is 5.13 Å². The molecular weight excluding hydrogens is 438 g/mol. The molecule has 182 valence electrons. The van der Waals surface area contributed by atoms with Gasteiger partial charge in [0.1, 0.15) is 0 Å². The van der Waals surface area contributed by atoms with E-state index in [9.17, 15) is 19.8 Å². The fourth-order valence-electron chi connectivity index (χ4n) is 5.54. The summed E-state index contributed by atoms with van der Waals surface area (Å²) in [6, 6.07) is 0. The van der Waals surface area contributed by atoms with Gasteiger partial charge in [0, 0.05) is 35.1 Å². The smallest absolute Gasteiger partial charge is 0.231 e. The molecule has 8 heteroatoms. The number of aliphatic hydroxyl groups is 2. The van der Waals surface area contributed by atoms with Gasteiger partial charge in [-0.15, -0.1) is 17.8 Å². The van der Waals surface area contributed by atoms with E-state index in [0.717, 1.165) is 17.0 Å². The van der Waals surface area contributed by atoms with E-state index in [1.54, 1.807) is 11.9 Å². The van der Waals surface area contributed by atoms with Crippen LogP contribution in [0.5, 0.6) is 0 Å². The van der Waals surface area contributed by atoms with Gasteiger partial charge in [0.2, 0.25) is 11.8 Å². The number of nitrogens with zero attached hydrogens (tertiary/aromatic N) is 2. The van der Waals surface area contributed by atoms with Crippen LogP contribution in [0.2, 0.25) is 0 Å². The molecule has 1 aromatic heterocycles. The van der Waals surface area contributed by atoms with Gasteiger partial charge in [-0.05, 0) is 30.6 Å². The summed E-state index contributed by atoms with van der Waals surface area (Å²) in [6.45, 7) is 9.75. The molecule has 3 rings (SSSR count). The number of thiazole rings is 1. The molecule has 2 amide bonds. The Morgan fingerprint density at radius 3 is 2.61 bits per heavy atom. The molecule has 7 nitrogen and oxygen atoms in total. The van der Waals surface area contributed by atoms with Crippen molar-refractivity contribution in [2.45, 2.75) is 72.3 Å². The average molecular weight is 476 g/mol. The number of aromatic nitrogens is 1. The Morgan fingerprint density at radius 1 is 1.36 bits per heavy atom. The van der Waals surface area contributed by atoms with Gasteiger partial charge in [-0.3, -0.25) is 9.59 Å². The van der Waals surface area contributed by atoms with Crippen molar-refractivity contribution in [2.75, 3.05) is 25.5 Å². The molecule has 1 fully saturated rings. The third-order valence-electron chi connectivity index (χ3n) is 7.93. The lowest BCUT2D eigenvalue weighted by atomic mass is 9.47. The standard InChI is InChI=1S/C25H37N3O4S/c1-8-11-28(7)19(31)12-15-20-16(33-22(26-20)27-21(32)23(2,3)4)13-17-24(15,5)10-9-18(30)25(17,6)14-29/h1,15,17-18,29-30H,9-14H2,2-7H3,(H,26,27,32). The fraction of sp³-hybridized carbons (Fsp3) is 0.720. The zero-order valence-corrected chi connectivity index (χ0v) is 21.4. The Balaban J connectivity index is 2.06. The Labute approximate surface area is 201 Å². The summed E-state index contributed by atoms with van der Waals surface area (Å²) in [7, 11) is 1.70. The third kappa shape index (κ3) is 4.55. The molecule has 0 saturated heterocycles. The van der Waals surface area contributed by atoms with Crippen LogP contribution < -0.4 is 5.32 Å². The van der Waals surface area contributed by atoms with E-state index < -0.39 is 16.9 Å². The summed E-state index contributed by atoms with van der Waals surface area (Å²) in [4.78, 5) is 33.0. The number of rotatable bonds is 5. The normalized spacial score (nSPS) is 31.2. The fourth-order valence-corrected chi connectivity index (χ4v) is 6.60. The molecule has 0 spiro atoms. The van der Waals surface area contributed by atoms with Crippen LogP contribution in [0.15, 0.2) is 0 Å². The highest BCUT2D eigenvalue weighted by atomic mass is 32.1. The average Bonchev–Trinajstić information content (AvgIpc) is 3.14. The molecule has 2 aliphatic rings. The van der Waals surface area contributed by atoms with Gasteiger partial charge in [0.25, 0.3) is 0 Å². The minimum atomic E-state index is -0.685. The molecular formula is C25H37N3O4S. The Hall–Kier alpha value is -1.95. The maximum Gasteiger partial charge on any atom is 0.231 e. The molecule has 1 heterocycles. The van der Waals surface area contributed by atoms with E-state index in [0.29, 0.717) is 18.0 Å². The second kappa shape index (κ2) is 9.01. The van der Waals surface area contributed by atoms with Crippen molar-refractivity contribution in [3.05, 3.63) is 10.6 Å². The SMILES string of the molecule is C#CCN(C)C(=O)CC1c2nc(NC(=O)C(C)(C)C)sc2CC2C(C)(CO)C(O)CCC12C. The molecule has 2 aliphatic carbocycles. The molecule has 0 bridgehead atoms. The van der Waals surface area contributed by atoms with Crippen molar-refractivity contribution >= 4 is 28.3 Å². The minimum Gasteiger partial charge on any atom is -0.396 e. The highest BCUT2D eigenvalue weighted by molar-refractivity contribution is 7.15. The second-order valence-corrected chi connectivity index (χ2v) is 12.3. The van der Waals surface area contributed by atoms with Crippen molar-refractivity contribution < 1.29 is 19.8 Å². The lowest BCUT2D eigenvalue weighted by molar-refractivity contribution is -0.146. The van der Waals surface area contributed by atoms with E-state index in [2.05, 4.69) is 18.2 Å². The van der Waals surface area contributed by atoms with Crippen LogP contribution in [-0.4, -0.2) is 58.2 Å². The first kappa shape index (κ1) is 25.7. The number of amides is 2. The van der Waals surface area contributed by atoms with Gasteiger partial charge in [-0.25, -0.2) is 4.98 Å². The molecule has 33 heavy (non-hydrogen) atoms. The number of hydrogen-bond donors (Lipinski definition) is 3. The zero-order chi connectivity index (χ0) is 24.8. The minimum absolute atomic E-state index is 0.0337. The second-order valence-electron chi connectivity index (χ2n) is 11.2. The number of anilines is 1. The van der Waals surface area contributed by atoms with Crippen LogP contribution in [0.3, 0.4) is 0 Å². The summed E-state index contributed by atoms with van der Waals surface area (Å²) < 4.78 is 0. The van der Waals surface area contributed by atoms with Crippen LogP contribution >= 0.6 is 11.3 Å². The topological polar surface area (TPSA) is 103 Å². The largest absolute Gasteiger partial charge is 0.396 e. The molecule has 1 saturated carbocycles. The maximum absolute atomic E-state index is 13.1. The van der Waals surface area contributed by atoms with Crippen molar-refractivity contribution in [1.82, 2.24) is 9.88 Å². The van der Waals surface area contributed by atoms with Gasteiger partial charge < -0.3 is 20.4 Å². The summed E-state index contributed by atoms with van der Waals surface area (Å²) >= 11 is 1.43. The highest BCUT2D eigenvalue weighted by Crippen LogP contribution is 2.62. The van der Waals surface area contributed by atoms with Gasteiger partial charge in [0.15, 0.2) is 5.13 Å². The van der Waals surface area contributed by atoms with E-state index >= 15 is 0 Å². The van der Waals surface area contributed by atoms with Gasteiger partial charge >= 0.3 is 0 Å². The van der Waals surface area contributed by atoms with Gasteiger partial charge in [-0.2, -0.15) is 0 Å². The van der Waals surface area contributed by atoms with E-state index in [1.807, 2.05) is 27.7 Å². The third-order valence-corrected chi connectivity index (χ3v) is 8.94. The van der Waals surface area contributed by atoms with E-state index in [4.69, 9.17) is 11.4 Å². The van der Waals surface area contributed by atoms with E-state index in [1.165, 1.54) is 11.3 Å². The number of nitrogens with one attached hydrogen (secondary N) is 1. The first-order valence-electron chi connectivity index (χ1n) is 11.5. The molecule has 3 N–H and O–H groups in total. The monoisotopic (exact) mass is 475 g/mol. The number of terminal acetylenes is 1. The molecule has 5 atom stereocenters. The lowest BCUT2D eigenvalue weighted by Gasteiger charge is -2.58. The first-order valence-corrected chi connectivity index (χ1v) is 12.4. The zero-order valence-electron chi connectivity index (χ0n) is 20.6. The van der Waals surface area contributed by atoms with Crippen LogP contribution in [0.1, 0.15) is 70.4 Å². The molecule has 0 radical (unpaired) electrons. The summed E-state index contributed by atoms with van der Waals surface area (Å²) in [5.74, 6) is 2.11. The quantitative estimate of drug-likeness (QED) is 0.568. The molecule has 0 aromatic carbocycles. The summed E-state index contributed by atoms with van der Waals surface area (Å²) in [6.07, 6.45) is 6.97. The van der Waals surface area contributed by atoms with Crippen molar-refractivity contribution in [3.8, 4) is 12.3 Å². The number of aliphatic hydroxyl groups excluding tert-OH is 2. The number of carbonyl (C=O) groups excluding carboxylic acids is 2. The number of fused-ring (bicyclic) bond motifs is 2. The molecule has 0 aliphatic heterocycles. The van der Waals surface area contributed by atoms with Gasteiger partial charge in [-0.1, -0.05) is 40.5 Å². The Bertz CT molecular complexity index is 962. The van der Waals surface area contributed by atoms with Crippen molar-refractivity contribution in [3.63, 3.8) is 0 Å². The van der Waals surface area contributed by atoms with Crippen LogP contribution in [-0.2, 0) is 16.0 Å². The van der Waals surface area contributed by atoms with Crippen molar-refractivity contribution in [2.24, 2.45) is 22.2 Å². The lowest BCUT2D eigenvalue weighted by Crippen LogP contribution is -2.57. The maximum atomic E-state index is 13.1. The Morgan fingerprint density at radius 2 is 2.03 bits per heavy atom. The summed E-state index contributed by atoms with van der Waals surface area (Å²) in [5, 5.41) is 24.7. The molecule has 1 aromatic rings. The predicted molar refractivity (Wildman–Crippen MR) is 130 cm³/mol. The first-order chi connectivity index (χ1) is 15.3. The van der Waals surface area contributed by atoms with Crippen LogP contribution in [0.25, 0.3) is 0 Å². The van der Waals surface area contributed by atoms with Crippen molar-refractivity contribution in [1.29, 1.82) is 0 Å². The predicted octanol–water partition coefficient (Wildman–Crippen LogP) is 3.02. The van der Waals surface area contributed by atoms with E-state index in [-0.39, 0.29) is 48.6 Å². The number of hydrogen-bond acceptors (Lipinski definition) is 6. The molecule has 5 unspecified atom stereocenters. The summed E-state index contributed by atoms with van der Waals surface area (Å²) in [5.41, 5.74) is -0.730.